The Kier molecular flexibility index (Phi) is 8.11. The lowest BCUT2D eigenvalue weighted by atomic mass is 10.1. The Morgan fingerprint density at radius 3 is 2.22 bits per heavy atom. The number of carboxylic acid groups (broad SMARTS) is 1. The average Bonchev–Trinajstić information content (AvgIpc) is 2.28. The van der Waals surface area contributed by atoms with Crippen molar-refractivity contribution in [1.82, 2.24) is 10.4 Å². The fourth-order valence-corrected chi connectivity index (χ4v) is 1.74. The molecule has 0 bridgehead atoms. The van der Waals surface area contributed by atoms with Crippen LogP contribution in [0.4, 0.5) is 4.79 Å². The van der Waals surface area contributed by atoms with Crippen molar-refractivity contribution in [3.05, 3.63) is 0 Å². The van der Waals surface area contributed by atoms with Gasteiger partial charge in [0.2, 0.25) is 0 Å². The van der Waals surface area contributed by atoms with Crippen LogP contribution in [0.2, 0.25) is 0 Å². The zero-order valence-corrected chi connectivity index (χ0v) is 11.6. The molecule has 0 aromatic heterocycles. The molecule has 2 amide bonds. The quantitative estimate of drug-likeness (QED) is 0.653. The summed E-state index contributed by atoms with van der Waals surface area (Å²) in [5.41, 5.74) is 2.17. The number of nitrogens with one attached hydrogen (secondary N) is 1. The molecule has 2 N–H and O–H groups in total. The Balaban J connectivity index is 4.43. The second-order valence-corrected chi connectivity index (χ2v) is 4.61. The van der Waals surface area contributed by atoms with Gasteiger partial charge in [0, 0.05) is 12.6 Å². The van der Waals surface area contributed by atoms with Gasteiger partial charge in [0.05, 0.1) is 0 Å². The number of rotatable bonds is 8. The summed E-state index contributed by atoms with van der Waals surface area (Å²) in [4.78, 5) is 28.5. The lowest BCUT2D eigenvalue weighted by Crippen LogP contribution is -2.47. The van der Waals surface area contributed by atoms with Crippen molar-refractivity contribution in [2.75, 3.05) is 13.2 Å². The number of hydroxylamine groups is 1. The maximum atomic E-state index is 11.9. The number of carboxylic acids is 1. The number of nitrogens with zero attached hydrogens (tertiary/aromatic N) is 1. The second kappa shape index (κ2) is 8.74. The summed E-state index contributed by atoms with van der Waals surface area (Å²) in [6.07, 6.45) is 1.71. The first kappa shape index (κ1) is 16.7. The van der Waals surface area contributed by atoms with Crippen LogP contribution in [-0.4, -0.2) is 41.2 Å². The summed E-state index contributed by atoms with van der Waals surface area (Å²) in [7, 11) is 0. The Morgan fingerprint density at radius 1 is 1.28 bits per heavy atom. The van der Waals surface area contributed by atoms with Gasteiger partial charge in [-0.1, -0.05) is 27.7 Å². The maximum Gasteiger partial charge on any atom is 0.341 e. The molecule has 0 heterocycles. The van der Waals surface area contributed by atoms with Crippen LogP contribution >= 0.6 is 0 Å². The predicted octanol–water partition coefficient (Wildman–Crippen LogP) is 1.86. The zero-order chi connectivity index (χ0) is 14.1. The molecule has 0 radical (unpaired) electrons. The molecule has 0 saturated carbocycles. The van der Waals surface area contributed by atoms with Crippen molar-refractivity contribution in [3.63, 3.8) is 0 Å². The molecule has 106 valence electrons. The lowest BCUT2D eigenvalue weighted by molar-refractivity contribution is -0.144. The van der Waals surface area contributed by atoms with Crippen LogP contribution in [0.1, 0.15) is 40.5 Å². The second-order valence-electron chi connectivity index (χ2n) is 4.61. The summed E-state index contributed by atoms with van der Waals surface area (Å²) in [5.74, 6) is -0.774. The van der Waals surface area contributed by atoms with E-state index in [9.17, 15) is 9.59 Å². The highest BCUT2D eigenvalue weighted by atomic mass is 16.7. The van der Waals surface area contributed by atoms with Crippen molar-refractivity contribution in [2.45, 2.75) is 46.6 Å². The number of urea groups is 1. The van der Waals surface area contributed by atoms with Crippen molar-refractivity contribution in [2.24, 2.45) is 5.92 Å². The smallest absolute Gasteiger partial charge is 0.341 e. The standard InChI is InChI=1S/C12H24N2O4/c1-5-10(6-2)14(7-9(3)4)12(17)13-18-8-11(15)16/h9-10H,5-8H2,1-4H3,(H,13,17)(H,15,16). The van der Waals surface area contributed by atoms with Gasteiger partial charge in [-0.3, -0.25) is 4.84 Å². The van der Waals surface area contributed by atoms with Crippen LogP contribution in [0.15, 0.2) is 0 Å². The predicted molar refractivity (Wildman–Crippen MR) is 68.0 cm³/mol. The highest BCUT2D eigenvalue weighted by Gasteiger charge is 2.22. The SMILES string of the molecule is CCC(CC)N(CC(C)C)C(=O)NOCC(=O)O. The number of carbonyl (C=O) groups excluding carboxylic acids is 1. The monoisotopic (exact) mass is 260 g/mol. The molecule has 0 spiro atoms. The fourth-order valence-electron chi connectivity index (χ4n) is 1.74. The van der Waals surface area contributed by atoms with E-state index in [4.69, 9.17) is 5.11 Å². The number of hydrogen-bond acceptors (Lipinski definition) is 3. The molecule has 0 unspecified atom stereocenters. The molecule has 0 aromatic carbocycles. The summed E-state index contributed by atoms with van der Waals surface area (Å²) >= 11 is 0. The molecule has 0 aliphatic heterocycles. The molecule has 0 aliphatic carbocycles. The number of carbonyl (C=O) groups is 2. The van der Waals surface area contributed by atoms with Gasteiger partial charge in [-0.2, -0.15) is 0 Å². The maximum absolute atomic E-state index is 11.9. The van der Waals surface area contributed by atoms with E-state index in [1.807, 2.05) is 27.7 Å². The third-order valence-corrected chi connectivity index (χ3v) is 2.56. The minimum absolute atomic E-state index is 0.140. The summed E-state index contributed by atoms with van der Waals surface area (Å²) in [6.45, 7) is 8.18. The first-order valence-corrected chi connectivity index (χ1v) is 6.32. The van der Waals surface area contributed by atoms with E-state index in [0.717, 1.165) is 12.8 Å². The normalized spacial score (nSPS) is 10.8. The number of amides is 2. The van der Waals surface area contributed by atoms with Crippen LogP contribution in [0.25, 0.3) is 0 Å². The minimum atomic E-state index is -1.12. The molecule has 0 aliphatic rings. The highest BCUT2D eigenvalue weighted by Crippen LogP contribution is 2.11. The Labute approximate surface area is 108 Å². The summed E-state index contributed by atoms with van der Waals surface area (Å²) in [5, 5.41) is 8.42. The molecule has 0 fully saturated rings. The van der Waals surface area contributed by atoms with E-state index < -0.39 is 12.6 Å². The van der Waals surface area contributed by atoms with Crippen LogP contribution in [0, 0.1) is 5.92 Å². The molecule has 18 heavy (non-hydrogen) atoms. The van der Waals surface area contributed by atoms with Gasteiger partial charge >= 0.3 is 12.0 Å². The highest BCUT2D eigenvalue weighted by molar-refractivity contribution is 5.74. The van der Waals surface area contributed by atoms with Gasteiger partial charge in [0.15, 0.2) is 6.61 Å². The van der Waals surface area contributed by atoms with Gasteiger partial charge in [0.25, 0.3) is 0 Å². The first-order valence-electron chi connectivity index (χ1n) is 6.32. The van der Waals surface area contributed by atoms with Gasteiger partial charge in [0.1, 0.15) is 0 Å². The topological polar surface area (TPSA) is 78.9 Å². The number of hydrogen-bond donors (Lipinski definition) is 2. The number of aliphatic carboxylic acids is 1. The van der Waals surface area contributed by atoms with E-state index in [-0.39, 0.29) is 12.1 Å². The van der Waals surface area contributed by atoms with Crippen molar-refractivity contribution in [3.8, 4) is 0 Å². The lowest BCUT2D eigenvalue weighted by Gasteiger charge is -2.31. The third-order valence-electron chi connectivity index (χ3n) is 2.56. The van der Waals surface area contributed by atoms with Crippen molar-refractivity contribution < 1.29 is 19.5 Å². The third kappa shape index (κ3) is 6.44. The summed E-state index contributed by atoms with van der Waals surface area (Å²) in [6, 6.07) is -0.237. The van der Waals surface area contributed by atoms with Crippen LogP contribution in [0.3, 0.4) is 0 Å². The van der Waals surface area contributed by atoms with Crippen LogP contribution in [-0.2, 0) is 9.63 Å². The molecular weight excluding hydrogens is 236 g/mol. The van der Waals surface area contributed by atoms with E-state index in [2.05, 4.69) is 10.3 Å². The Morgan fingerprint density at radius 2 is 1.83 bits per heavy atom. The largest absolute Gasteiger partial charge is 0.479 e. The molecule has 0 rings (SSSR count). The molecule has 0 atom stereocenters. The van der Waals surface area contributed by atoms with Crippen molar-refractivity contribution >= 4 is 12.0 Å². The van der Waals surface area contributed by atoms with Crippen LogP contribution < -0.4 is 5.48 Å². The van der Waals surface area contributed by atoms with Gasteiger partial charge in [-0.25, -0.2) is 15.1 Å². The zero-order valence-electron chi connectivity index (χ0n) is 11.6. The average molecular weight is 260 g/mol. The Hall–Kier alpha value is -1.30. The Bertz CT molecular complexity index is 265. The minimum Gasteiger partial charge on any atom is -0.479 e. The molecule has 0 saturated heterocycles. The van der Waals surface area contributed by atoms with Crippen molar-refractivity contribution in [1.29, 1.82) is 0 Å². The molecule has 6 heteroatoms. The first-order chi connectivity index (χ1) is 8.42. The van der Waals surface area contributed by atoms with E-state index in [1.54, 1.807) is 4.90 Å². The van der Waals surface area contributed by atoms with Gasteiger partial charge in [-0.05, 0) is 18.8 Å². The molecule has 0 aromatic rings. The van der Waals surface area contributed by atoms with E-state index in [0.29, 0.717) is 12.5 Å². The fraction of sp³-hybridized carbons (Fsp3) is 0.833. The summed E-state index contributed by atoms with van der Waals surface area (Å²) < 4.78 is 0. The molecular formula is C12H24N2O4. The van der Waals surface area contributed by atoms with E-state index >= 15 is 0 Å². The van der Waals surface area contributed by atoms with Crippen LogP contribution in [0.5, 0.6) is 0 Å². The molecule has 6 nitrogen and oxygen atoms in total. The van der Waals surface area contributed by atoms with E-state index in [1.165, 1.54) is 0 Å². The van der Waals surface area contributed by atoms with Gasteiger partial charge < -0.3 is 10.0 Å². The van der Waals surface area contributed by atoms with Gasteiger partial charge in [-0.15, -0.1) is 0 Å².